The molecule has 3 aromatic rings. The van der Waals surface area contributed by atoms with Crippen molar-refractivity contribution in [3.05, 3.63) is 71.1 Å². The Morgan fingerprint density at radius 2 is 1.82 bits per heavy atom. The summed E-state index contributed by atoms with van der Waals surface area (Å²) in [4.78, 5) is 11.4. The first-order chi connectivity index (χ1) is 10.6. The first-order valence-electron chi connectivity index (χ1n) is 6.40. The van der Waals surface area contributed by atoms with Gasteiger partial charge in [0.25, 0.3) is 0 Å². The molecule has 0 atom stereocenters. The van der Waals surface area contributed by atoms with Gasteiger partial charge in [0.15, 0.2) is 5.69 Å². The number of nitrogens with zero attached hydrogens (tertiary/aromatic N) is 2. The van der Waals surface area contributed by atoms with Gasteiger partial charge >= 0.3 is 5.97 Å². The zero-order valence-corrected chi connectivity index (χ0v) is 12.0. The van der Waals surface area contributed by atoms with E-state index in [9.17, 15) is 14.3 Å². The van der Waals surface area contributed by atoms with Gasteiger partial charge in [-0.2, -0.15) is 5.10 Å². The zero-order valence-electron chi connectivity index (χ0n) is 11.2. The molecule has 1 aromatic heterocycles. The average Bonchev–Trinajstić information content (AvgIpc) is 2.93. The molecule has 22 heavy (non-hydrogen) atoms. The number of aromatic nitrogens is 2. The fourth-order valence-electron chi connectivity index (χ4n) is 2.10. The second-order valence-electron chi connectivity index (χ2n) is 4.59. The summed E-state index contributed by atoms with van der Waals surface area (Å²) in [6, 6.07) is 14.1. The minimum atomic E-state index is -1.18. The van der Waals surface area contributed by atoms with Crippen molar-refractivity contribution in [2.45, 2.75) is 0 Å². The molecule has 0 aliphatic rings. The van der Waals surface area contributed by atoms with Crippen LogP contribution in [0, 0.1) is 5.82 Å². The van der Waals surface area contributed by atoms with E-state index in [1.807, 2.05) is 0 Å². The van der Waals surface area contributed by atoms with E-state index in [0.29, 0.717) is 16.3 Å². The third kappa shape index (κ3) is 2.58. The van der Waals surface area contributed by atoms with E-state index in [4.69, 9.17) is 11.6 Å². The van der Waals surface area contributed by atoms with Gasteiger partial charge in [-0.25, -0.2) is 13.9 Å². The lowest BCUT2D eigenvalue weighted by Crippen LogP contribution is -2.09. The van der Waals surface area contributed by atoms with Crippen LogP contribution in [0.15, 0.2) is 54.6 Å². The van der Waals surface area contributed by atoms with Crippen LogP contribution in [0.4, 0.5) is 4.39 Å². The fraction of sp³-hybridized carbons (Fsp3) is 0. The molecule has 0 radical (unpaired) electrons. The maximum absolute atomic E-state index is 13.9. The van der Waals surface area contributed by atoms with Gasteiger partial charge in [-0.1, -0.05) is 35.9 Å². The van der Waals surface area contributed by atoms with Gasteiger partial charge in [-0.15, -0.1) is 0 Å². The maximum Gasteiger partial charge on any atom is 0.354 e. The first-order valence-corrected chi connectivity index (χ1v) is 6.78. The van der Waals surface area contributed by atoms with Crippen molar-refractivity contribution in [3.8, 4) is 16.9 Å². The van der Waals surface area contributed by atoms with Crippen LogP contribution in [0.3, 0.4) is 0 Å². The standard InChI is InChI=1S/C16H10ClFN2O2/c17-11-7-5-10(6-8-11)13-9-15(16(21)22)20(19-13)14-4-2-1-3-12(14)18/h1-9H,(H,21,22). The van der Waals surface area contributed by atoms with Crippen molar-refractivity contribution < 1.29 is 14.3 Å². The third-order valence-electron chi connectivity index (χ3n) is 3.15. The van der Waals surface area contributed by atoms with E-state index in [1.54, 1.807) is 30.3 Å². The van der Waals surface area contributed by atoms with Crippen LogP contribution in [-0.2, 0) is 0 Å². The van der Waals surface area contributed by atoms with E-state index in [1.165, 1.54) is 24.3 Å². The van der Waals surface area contributed by atoms with Crippen LogP contribution in [0.1, 0.15) is 10.5 Å². The summed E-state index contributed by atoms with van der Waals surface area (Å²) >= 11 is 5.83. The zero-order chi connectivity index (χ0) is 15.7. The minimum Gasteiger partial charge on any atom is -0.477 e. The molecule has 3 rings (SSSR count). The summed E-state index contributed by atoms with van der Waals surface area (Å²) in [5.74, 6) is -1.73. The number of halogens is 2. The monoisotopic (exact) mass is 316 g/mol. The summed E-state index contributed by atoms with van der Waals surface area (Å²) in [5.41, 5.74) is 1.09. The summed E-state index contributed by atoms with van der Waals surface area (Å²) in [5, 5.41) is 14.1. The Bertz CT molecular complexity index is 844. The molecule has 0 bridgehead atoms. The highest BCUT2D eigenvalue weighted by Crippen LogP contribution is 2.24. The Balaban J connectivity index is 2.17. The number of rotatable bonds is 3. The molecule has 0 aliphatic carbocycles. The maximum atomic E-state index is 13.9. The van der Waals surface area contributed by atoms with Gasteiger partial charge in [0.05, 0.1) is 5.69 Å². The molecule has 1 heterocycles. The molecule has 0 saturated heterocycles. The molecule has 1 N–H and O–H groups in total. The van der Waals surface area contributed by atoms with Crippen molar-refractivity contribution in [2.24, 2.45) is 0 Å². The summed E-state index contributed by atoms with van der Waals surface area (Å²) < 4.78 is 15.0. The van der Waals surface area contributed by atoms with Crippen LogP contribution >= 0.6 is 11.6 Å². The third-order valence-corrected chi connectivity index (χ3v) is 3.40. The lowest BCUT2D eigenvalue weighted by molar-refractivity contribution is 0.0687. The smallest absolute Gasteiger partial charge is 0.354 e. The van der Waals surface area contributed by atoms with E-state index >= 15 is 0 Å². The number of benzene rings is 2. The highest BCUT2D eigenvalue weighted by Gasteiger charge is 2.18. The van der Waals surface area contributed by atoms with Gasteiger partial charge in [-0.3, -0.25) is 0 Å². The second-order valence-corrected chi connectivity index (χ2v) is 5.03. The van der Waals surface area contributed by atoms with E-state index in [0.717, 1.165) is 4.68 Å². The van der Waals surface area contributed by atoms with Gasteiger partial charge < -0.3 is 5.11 Å². The number of hydrogen-bond donors (Lipinski definition) is 1. The fourth-order valence-corrected chi connectivity index (χ4v) is 2.23. The molecule has 0 aliphatic heterocycles. The lowest BCUT2D eigenvalue weighted by Gasteiger charge is -2.05. The Hall–Kier alpha value is -2.66. The highest BCUT2D eigenvalue weighted by molar-refractivity contribution is 6.30. The topological polar surface area (TPSA) is 55.1 Å². The highest BCUT2D eigenvalue weighted by atomic mass is 35.5. The lowest BCUT2D eigenvalue weighted by atomic mass is 10.1. The van der Waals surface area contributed by atoms with E-state index in [-0.39, 0.29) is 11.4 Å². The number of aromatic carboxylic acids is 1. The Kier molecular flexibility index (Phi) is 3.65. The normalized spacial score (nSPS) is 10.6. The summed E-state index contributed by atoms with van der Waals surface area (Å²) in [6.07, 6.45) is 0. The molecule has 0 spiro atoms. The predicted molar refractivity (Wildman–Crippen MR) is 80.9 cm³/mol. The van der Waals surface area contributed by atoms with E-state index < -0.39 is 11.8 Å². The first kappa shape index (κ1) is 14.3. The Labute approximate surface area is 130 Å². The summed E-state index contributed by atoms with van der Waals surface area (Å²) in [7, 11) is 0. The van der Waals surface area contributed by atoms with Crippen LogP contribution in [0.2, 0.25) is 5.02 Å². The SMILES string of the molecule is O=C(O)c1cc(-c2ccc(Cl)cc2)nn1-c1ccccc1F. The number of hydrogen-bond acceptors (Lipinski definition) is 2. The van der Waals surface area contributed by atoms with Crippen LogP contribution < -0.4 is 0 Å². The number of carboxylic acid groups (broad SMARTS) is 1. The van der Waals surface area contributed by atoms with Crippen molar-refractivity contribution >= 4 is 17.6 Å². The van der Waals surface area contributed by atoms with Gasteiger partial charge in [-0.05, 0) is 30.3 Å². The molecule has 6 heteroatoms. The molecular weight excluding hydrogens is 307 g/mol. The Morgan fingerprint density at radius 1 is 1.14 bits per heavy atom. The average molecular weight is 317 g/mol. The quantitative estimate of drug-likeness (QED) is 0.793. The summed E-state index contributed by atoms with van der Waals surface area (Å²) in [6.45, 7) is 0. The Morgan fingerprint density at radius 3 is 2.45 bits per heavy atom. The van der Waals surface area contributed by atoms with Crippen molar-refractivity contribution in [2.75, 3.05) is 0 Å². The van der Waals surface area contributed by atoms with Crippen molar-refractivity contribution in [1.29, 1.82) is 0 Å². The largest absolute Gasteiger partial charge is 0.477 e. The van der Waals surface area contributed by atoms with Crippen LogP contribution in [0.25, 0.3) is 16.9 Å². The minimum absolute atomic E-state index is 0.0834. The van der Waals surface area contributed by atoms with Gasteiger partial charge in [0, 0.05) is 10.6 Å². The van der Waals surface area contributed by atoms with Gasteiger partial charge in [0.1, 0.15) is 11.5 Å². The number of para-hydroxylation sites is 1. The molecule has 0 amide bonds. The van der Waals surface area contributed by atoms with Crippen LogP contribution in [-0.4, -0.2) is 20.9 Å². The predicted octanol–water partition coefficient (Wildman–Crippen LogP) is 4.03. The molecule has 4 nitrogen and oxygen atoms in total. The van der Waals surface area contributed by atoms with E-state index in [2.05, 4.69) is 5.10 Å². The second kappa shape index (κ2) is 5.61. The molecule has 0 unspecified atom stereocenters. The molecule has 0 saturated carbocycles. The van der Waals surface area contributed by atoms with Crippen LogP contribution in [0.5, 0.6) is 0 Å². The van der Waals surface area contributed by atoms with Crippen molar-refractivity contribution in [3.63, 3.8) is 0 Å². The molecule has 110 valence electrons. The molecule has 2 aromatic carbocycles. The molecule has 0 fully saturated rings. The molecular formula is C16H10ClFN2O2. The number of carboxylic acids is 1. The van der Waals surface area contributed by atoms with Crippen molar-refractivity contribution in [1.82, 2.24) is 9.78 Å². The van der Waals surface area contributed by atoms with Gasteiger partial charge in [0.2, 0.25) is 0 Å². The number of carbonyl (C=O) groups is 1.